The molecule has 1 aliphatic heterocycles. The highest BCUT2D eigenvalue weighted by Crippen LogP contribution is 2.65. The molecule has 8 atom stereocenters. The Balaban J connectivity index is 2.21. The number of hydrogen-bond donors (Lipinski definition) is 0. The molecule has 1 saturated heterocycles. The molecular formula is C28H38O7. The summed E-state index contributed by atoms with van der Waals surface area (Å²) in [6.07, 6.45) is 5.68. The summed E-state index contributed by atoms with van der Waals surface area (Å²) >= 11 is 0. The van der Waals surface area contributed by atoms with Gasteiger partial charge >= 0.3 is 11.9 Å². The van der Waals surface area contributed by atoms with E-state index < -0.39 is 47.4 Å². The van der Waals surface area contributed by atoms with E-state index in [0.717, 1.165) is 5.57 Å². The van der Waals surface area contributed by atoms with E-state index in [9.17, 15) is 14.4 Å². The predicted octanol–water partition coefficient (Wildman–Crippen LogP) is 4.27. The van der Waals surface area contributed by atoms with Gasteiger partial charge < -0.3 is 18.9 Å². The molecule has 1 saturated carbocycles. The SMILES string of the molecule is C=C(C)C1/C=C\[C@@H](C)C(=O)[C@@]23C[C@H](C)[C@H](OC(C)=O)[C@]2(/C=C(\C)[C@@H](OC(=O)/C(C)=C/C)[C@H]1OC)O3. The lowest BCUT2D eigenvalue weighted by Gasteiger charge is -2.33. The molecular weight excluding hydrogens is 448 g/mol. The predicted molar refractivity (Wildman–Crippen MR) is 131 cm³/mol. The van der Waals surface area contributed by atoms with E-state index >= 15 is 0 Å². The van der Waals surface area contributed by atoms with E-state index in [1.165, 1.54) is 6.92 Å². The van der Waals surface area contributed by atoms with Crippen LogP contribution in [0.2, 0.25) is 0 Å². The molecule has 0 aromatic carbocycles. The number of hydrogen-bond acceptors (Lipinski definition) is 7. The van der Waals surface area contributed by atoms with Gasteiger partial charge in [0, 0.05) is 31.4 Å². The molecule has 35 heavy (non-hydrogen) atoms. The van der Waals surface area contributed by atoms with E-state index in [4.69, 9.17) is 18.9 Å². The van der Waals surface area contributed by atoms with E-state index in [0.29, 0.717) is 17.6 Å². The number of ketones is 1. The Morgan fingerprint density at radius 3 is 2.37 bits per heavy atom. The number of epoxide rings is 1. The van der Waals surface area contributed by atoms with Crippen LogP contribution in [0.1, 0.15) is 54.9 Å². The summed E-state index contributed by atoms with van der Waals surface area (Å²) in [5, 5.41) is 0. The molecule has 2 aliphatic carbocycles. The second-order valence-corrected chi connectivity index (χ2v) is 10.2. The monoisotopic (exact) mass is 486 g/mol. The van der Waals surface area contributed by atoms with Gasteiger partial charge in [-0.25, -0.2) is 4.79 Å². The van der Waals surface area contributed by atoms with Crippen LogP contribution in [0.25, 0.3) is 0 Å². The molecule has 192 valence electrons. The van der Waals surface area contributed by atoms with E-state index in [-0.39, 0.29) is 17.6 Å². The summed E-state index contributed by atoms with van der Waals surface area (Å²) in [6, 6.07) is 0. The van der Waals surface area contributed by atoms with Crippen molar-refractivity contribution in [2.24, 2.45) is 17.8 Å². The van der Waals surface area contributed by atoms with Gasteiger partial charge in [0.25, 0.3) is 0 Å². The van der Waals surface area contributed by atoms with Crippen molar-refractivity contribution >= 4 is 17.7 Å². The molecule has 1 unspecified atom stereocenters. The number of rotatable bonds is 5. The van der Waals surface area contributed by atoms with Crippen molar-refractivity contribution in [1.29, 1.82) is 0 Å². The van der Waals surface area contributed by atoms with Gasteiger partial charge in [-0.3, -0.25) is 9.59 Å². The van der Waals surface area contributed by atoms with Gasteiger partial charge in [-0.1, -0.05) is 44.2 Å². The van der Waals surface area contributed by atoms with Gasteiger partial charge in [-0.15, -0.1) is 0 Å². The van der Waals surface area contributed by atoms with Crippen LogP contribution < -0.4 is 0 Å². The zero-order chi connectivity index (χ0) is 26.3. The first-order chi connectivity index (χ1) is 16.3. The van der Waals surface area contributed by atoms with Crippen molar-refractivity contribution in [1.82, 2.24) is 0 Å². The number of allylic oxidation sites excluding steroid dienone is 2. The van der Waals surface area contributed by atoms with Gasteiger partial charge in [0.2, 0.25) is 0 Å². The minimum Gasteiger partial charge on any atom is -0.459 e. The van der Waals surface area contributed by atoms with Crippen LogP contribution >= 0.6 is 0 Å². The van der Waals surface area contributed by atoms with E-state index in [1.807, 2.05) is 45.9 Å². The van der Waals surface area contributed by atoms with Crippen LogP contribution in [0.3, 0.4) is 0 Å². The minimum atomic E-state index is -1.12. The standard InChI is InChI=1S/C28H38O7/c1-10-16(4)26(31)34-22-18(6)13-28-25(33-20(8)29)19(7)14-27(28,35-28)24(30)17(5)11-12-21(15(2)3)23(22)32-9/h10-13,17,19,21-23,25H,2,14H2,1,3-9H3/b12-11-,16-10+,18-13+/t17-,19+,21?,22-,23+,25+,27+,28+/m1/s1. The summed E-state index contributed by atoms with van der Waals surface area (Å²) in [7, 11) is 1.56. The molecule has 0 bridgehead atoms. The number of Topliss-reactive ketones (excluding diaryl/α,β-unsaturated/α-hetero) is 1. The highest BCUT2D eigenvalue weighted by atomic mass is 16.7. The van der Waals surface area contributed by atoms with Crippen LogP contribution in [0.5, 0.6) is 0 Å². The Bertz CT molecular complexity index is 1000. The van der Waals surface area contributed by atoms with Gasteiger partial charge in [0.15, 0.2) is 17.0 Å². The molecule has 0 amide bonds. The average molecular weight is 487 g/mol. The maximum atomic E-state index is 13.7. The summed E-state index contributed by atoms with van der Waals surface area (Å²) in [6.45, 7) is 16.4. The molecule has 0 aromatic rings. The number of methoxy groups -OCH3 is 1. The van der Waals surface area contributed by atoms with E-state index in [1.54, 1.807) is 27.0 Å². The Kier molecular flexibility index (Phi) is 7.63. The van der Waals surface area contributed by atoms with Crippen molar-refractivity contribution in [3.63, 3.8) is 0 Å². The highest BCUT2D eigenvalue weighted by molar-refractivity contribution is 5.96. The second kappa shape index (κ2) is 9.86. The average Bonchev–Trinajstić information content (AvgIpc) is 3.37. The van der Waals surface area contributed by atoms with Gasteiger partial charge in [0.1, 0.15) is 18.3 Å². The van der Waals surface area contributed by atoms with Crippen LogP contribution in [0, 0.1) is 17.8 Å². The molecule has 1 heterocycles. The maximum absolute atomic E-state index is 13.7. The highest BCUT2D eigenvalue weighted by Gasteiger charge is 2.82. The number of carbonyl (C=O) groups excluding carboxylic acids is 3. The van der Waals surface area contributed by atoms with Gasteiger partial charge in [-0.05, 0) is 51.7 Å². The maximum Gasteiger partial charge on any atom is 0.334 e. The fourth-order valence-corrected chi connectivity index (χ4v) is 5.61. The van der Waals surface area contributed by atoms with Gasteiger partial charge in [0.05, 0.1) is 0 Å². The molecule has 0 radical (unpaired) electrons. The number of esters is 2. The van der Waals surface area contributed by atoms with Crippen LogP contribution in [0.15, 0.2) is 47.6 Å². The normalized spacial score (nSPS) is 41.4. The lowest BCUT2D eigenvalue weighted by Crippen LogP contribution is -2.41. The minimum absolute atomic E-state index is 0.0612. The van der Waals surface area contributed by atoms with Crippen molar-refractivity contribution in [3.8, 4) is 0 Å². The first-order valence-electron chi connectivity index (χ1n) is 12.2. The van der Waals surface area contributed by atoms with Crippen molar-refractivity contribution in [2.45, 2.75) is 84.4 Å². The zero-order valence-corrected chi connectivity index (χ0v) is 22.0. The summed E-state index contributed by atoms with van der Waals surface area (Å²) in [4.78, 5) is 38.6. The molecule has 0 N–H and O–H groups in total. The topological polar surface area (TPSA) is 91.4 Å². The van der Waals surface area contributed by atoms with E-state index in [2.05, 4.69) is 6.58 Å². The lowest BCUT2D eigenvalue weighted by molar-refractivity contribution is -0.151. The molecule has 7 nitrogen and oxygen atoms in total. The van der Waals surface area contributed by atoms with Crippen LogP contribution in [-0.2, 0) is 33.3 Å². The fourth-order valence-electron chi connectivity index (χ4n) is 5.61. The Labute approximate surface area is 208 Å². The first-order valence-corrected chi connectivity index (χ1v) is 12.2. The fraction of sp³-hybridized carbons (Fsp3) is 0.607. The summed E-state index contributed by atoms with van der Waals surface area (Å²) in [5.74, 6) is -1.81. The largest absolute Gasteiger partial charge is 0.459 e. The second-order valence-electron chi connectivity index (χ2n) is 10.2. The Morgan fingerprint density at radius 2 is 1.83 bits per heavy atom. The molecule has 2 fully saturated rings. The molecule has 0 spiro atoms. The van der Waals surface area contributed by atoms with Crippen molar-refractivity contribution in [2.75, 3.05) is 7.11 Å². The summed E-state index contributed by atoms with van der Waals surface area (Å²) in [5.41, 5.74) is -0.284. The first kappa shape index (κ1) is 27.1. The molecule has 3 rings (SSSR count). The number of carbonyl (C=O) groups is 3. The van der Waals surface area contributed by atoms with Crippen LogP contribution in [0.4, 0.5) is 0 Å². The molecule has 3 aliphatic rings. The van der Waals surface area contributed by atoms with Crippen molar-refractivity contribution < 1.29 is 33.3 Å². The lowest BCUT2D eigenvalue weighted by atomic mass is 9.84. The smallest absolute Gasteiger partial charge is 0.334 e. The quantitative estimate of drug-likeness (QED) is 0.248. The third kappa shape index (κ3) is 4.56. The zero-order valence-electron chi connectivity index (χ0n) is 22.0. The van der Waals surface area contributed by atoms with Crippen LogP contribution in [-0.4, -0.2) is 54.3 Å². The third-order valence-corrected chi connectivity index (χ3v) is 7.57. The number of ether oxygens (including phenoxy) is 4. The molecule has 0 aromatic heterocycles. The Hall–Kier alpha value is -2.51. The molecule has 7 heteroatoms. The third-order valence-electron chi connectivity index (χ3n) is 7.57. The summed E-state index contributed by atoms with van der Waals surface area (Å²) < 4.78 is 23.9. The van der Waals surface area contributed by atoms with Gasteiger partial charge in [-0.2, -0.15) is 0 Å². The van der Waals surface area contributed by atoms with Crippen molar-refractivity contribution in [3.05, 3.63) is 47.6 Å². The Morgan fingerprint density at radius 1 is 1.17 bits per heavy atom.